The van der Waals surface area contributed by atoms with E-state index < -0.39 is 48.6 Å². The Balaban J connectivity index is 0.000000382. The van der Waals surface area contributed by atoms with Crippen LogP contribution in [0.1, 0.15) is 25.8 Å². The Kier molecular flexibility index (Phi) is 29.4. The number of azo groups is 3. The van der Waals surface area contributed by atoms with Crippen LogP contribution in [0.2, 0.25) is 0 Å². The van der Waals surface area contributed by atoms with Gasteiger partial charge in [-0.25, -0.2) is 65.8 Å². The topological polar surface area (TPSA) is 387 Å². The van der Waals surface area contributed by atoms with E-state index in [1.807, 2.05) is 110 Å². The number of anilines is 3. The van der Waals surface area contributed by atoms with E-state index in [0.717, 1.165) is 26.9 Å². The predicted octanol–water partition coefficient (Wildman–Crippen LogP) is 5.98. The number of aromatic nitrogens is 6. The lowest BCUT2D eigenvalue weighted by molar-refractivity contribution is -0.657. The van der Waals surface area contributed by atoms with Crippen LogP contribution in [0.3, 0.4) is 0 Å². The predicted molar refractivity (Wildman–Crippen MR) is 294 cm³/mol. The molecule has 0 aliphatic heterocycles. The average molecular weight is 1250 g/mol. The van der Waals surface area contributed by atoms with Crippen molar-refractivity contribution in [3.63, 3.8) is 0 Å². The molecule has 0 saturated heterocycles. The molecule has 0 aliphatic carbocycles. The molecular formula is C49H60F3N15O15S3. The fourth-order valence-corrected chi connectivity index (χ4v) is 5.91. The van der Waals surface area contributed by atoms with Gasteiger partial charge in [-0.1, -0.05) is 52.6 Å². The van der Waals surface area contributed by atoms with Crippen molar-refractivity contribution in [3.05, 3.63) is 145 Å². The van der Waals surface area contributed by atoms with Crippen molar-refractivity contribution < 1.29 is 92.7 Å². The number of halogens is 3. The molecule has 0 unspecified atom stereocenters. The maximum Gasteiger partial charge on any atom is 0.421 e. The summed E-state index contributed by atoms with van der Waals surface area (Å²) in [5, 5.41) is 31.9. The molecule has 7 aromatic rings. The number of hydrogen-bond donors (Lipinski definition) is 3. The van der Waals surface area contributed by atoms with Gasteiger partial charge in [-0.3, -0.25) is 26.9 Å². The molecule has 4 aromatic carbocycles. The summed E-state index contributed by atoms with van der Waals surface area (Å²) < 4.78 is 145. The lowest BCUT2D eigenvalue weighted by atomic mass is 10.1. The number of imidazole rings is 3. The number of benzene rings is 4. The Labute approximate surface area is 487 Å². The molecule has 3 heterocycles. The van der Waals surface area contributed by atoms with Gasteiger partial charge in [-0.05, 0) is 60.2 Å². The van der Waals surface area contributed by atoms with Crippen molar-refractivity contribution in [1.29, 1.82) is 0 Å². The van der Waals surface area contributed by atoms with E-state index in [2.05, 4.69) is 59.2 Å². The summed E-state index contributed by atoms with van der Waals surface area (Å²) in [5.41, 5.74) is 2.55. The molecule has 0 fully saturated rings. The standard InChI is InChI=1S/C19H18FN5O.C14H16FN5O.C13H14FN5O.3CH4O4S/c1-24-10-11-25(2)19(24)23-22-17-13-15(8-9-16(17)20)21-18(26)12-14-6-4-3-5-7-14;1-4-13(21)16-10-5-6-11(15)12(9-10)17-18-14-19(2)7-8-20(14)3;1-9(20)15-10-4-5-11(14)12(8-10)16-17-13-18(2)6-7-19(13)3;3*1-5-6(2,3)4/h3-11,13H,12H2,1-2H3;5-9H,4H2,1-3H3;4-8H,1-3H3;3*1H3,(H,2,3,4). The van der Waals surface area contributed by atoms with E-state index in [1.54, 1.807) is 34.3 Å². The Morgan fingerprint density at radius 1 is 0.506 bits per heavy atom. The highest BCUT2D eigenvalue weighted by atomic mass is 32.3. The molecule has 3 amide bonds. The number of aryl methyl sites for hydroxylation is 6. The van der Waals surface area contributed by atoms with Gasteiger partial charge in [0.25, 0.3) is 0 Å². The highest BCUT2D eigenvalue weighted by Crippen LogP contribution is 2.27. The van der Waals surface area contributed by atoms with E-state index in [1.165, 1.54) is 61.5 Å². The van der Waals surface area contributed by atoms with Crippen LogP contribution >= 0.6 is 0 Å². The van der Waals surface area contributed by atoms with Crippen molar-refractivity contribution in [2.45, 2.75) is 26.7 Å². The molecule has 0 saturated carbocycles. The quantitative estimate of drug-likeness (QED) is 0.0460. The molecule has 0 spiro atoms. The molecule has 36 heteroatoms. The second-order valence-corrected chi connectivity index (χ2v) is 20.0. The summed E-state index contributed by atoms with van der Waals surface area (Å²) in [6, 6.07) is 22.0. The molecule has 3 N–H and O–H groups in total. The summed E-state index contributed by atoms with van der Waals surface area (Å²) in [5.74, 6) is -0.322. The average Bonchev–Trinajstić information content (AvgIpc) is 4.26. The van der Waals surface area contributed by atoms with Crippen molar-refractivity contribution in [2.24, 2.45) is 73.0 Å². The maximum absolute atomic E-state index is 14.0. The van der Waals surface area contributed by atoms with E-state index >= 15 is 0 Å². The van der Waals surface area contributed by atoms with Crippen LogP contribution in [0.15, 0.2) is 153 Å². The zero-order valence-electron chi connectivity index (χ0n) is 47.3. The minimum Gasteiger partial charge on any atom is -0.726 e. The van der Waals surface area contributed by atoms with Gasteiger partial charge in [0, 0.05) is 45.7 Å². The van der Waals surface area contributed by atoms with Crippen molar-refractivity contribution in [2.75, 3.05) is 37.3 Å². The van der Waals surface area contributed by atoms with Gasteiger partial charge in [-0.15, -0.1) is 0 Å². The SMILES string of the molecule is CC(=O)Nc1ccc(F)c(N=Nc2n(C)cc[n+]2C)c1.CCC(=O)Nc1ccc(F)c(N=Nc2n(C)cc[n+]2C)c1.COS(=O)(=O)[O-].COS(=O)(=O)[O-].COS(=O)(=O)[O-].Cn1cc[n+](C)c1N=Nc1cc(NC(=O)Cc2ccccc2)ccc1F. The first kappa shape index (κ1) is 72.2. The molecule has 85 heavy (non-hydrogen) atoms. The van der Waals surface area contributed by atoms with Crippen LogP contribution in [0.5, 0.6) is 0 Å². The number of rotatable bonds is 15. The Morgan fingerprint density at radius 2 is 0.800 bits per heavy atom. The van der Waals surface area contributed by atoms with Crippen molar-refractivity contribution >= 4 is 101 Å². The number of nitrogens with one attached hydrogen (secondary N) is 3. The van der Waals surface area contributed by atoms with Crippen molar-refractivity contribution in [3.8, 4) is 0 Å². The molecular weight excluding hydrogens is 1190 g/mol. The third-order valence-corrected chi connectivity index (χ3v) is 11.3. The number of amides is 3. The molecule has 0 radical (unpaired) electrons. The minimum atomic E-state index is -4.41. The maximum atomic E-state index is 14.0. The zero-order valence-corrected chi connectivity index (χ0v) is 49.8. The second-order valence-electron chi connectivity index (χ2n) is 16.6. The first-order valence-electron chi connectivity index (χ1n) is 23.8. The third kappa shape index (κ3) is 28.3. The van der Waals surface area contributed by atoms with Crippen LogP contribution < -0.4 is 29.7 Å². The van der Waals surface area contributed by atoms with E-state index in [4.69, 9.17) is 0 Å². The monoisotopic (exact) mass is 1250 g/mol. The fourth-order valence-electron chi connectivity index (χ4n) is 5.91. The lowest BCUT2D eigenvalue weighted by Crippen LogP contribution is -2.25. The number of hydrogen-bond acceptors (Lipinski definition) is 21. The Hall–Kier alpha value is -8.88. The molecule has 0 bridgehead atoms. The largest absolute Gasteiger partial charge is 0.726 e. The van der Waals surface area contributed by atoms with Crippen LogP contribution in [-0.2, 0) is 107 Å². The van der Waals surface area contributed by atoms with Crippen LogP contribution in [-0.4, -0.2) is 91.7 Å². The molecule has 30 nitrogen and oxygen atoms in total. The van der Waals surface area contributed by atoms with Crippen LogP contribution in [0, 0.1) is 17.5 Å². The summed E-state index contributed by atoms with van der Waals surface area (Å²) in [4.78, 5) is 34.5. The first-order chi connectivity index (χ1) is 39.7. The Bertz CT molecular complexity index is 3670. The van der Waals surface area contributed by atoms with E-state index in [-0.39, 0.29) is 41.2 Å². The van der Waals surface area contributed by atoms with Gasteiger partial charge < -0.3 is 29.6 Å². The molecule has 3 aromatic heterocycles. The summed E-state index contributed by atoms with van der Waals surface area (Å²) in [7, 11) is 0.116. The highest BCUT2D eigenvalue weighted by Gasteiger charge is 2.16. The van der Waals surface area contributed by atoms with Gasteiger partial charge in [0.1, 0.15) is 17.1 Å². The van der Waals surface area contributed by atoms with Gasteiger partial charge in [0.15, 0.2) is 17.5 Å². The van der Waals surface area contributed by atoms with Gasteiger partial charge in [0.05, 0.1) is 107 Å². The summed E-state index contributed by atoms with van der Waals surface area (Å²) in [6.45, 7) is 3.13. The summed E-state index contributed by atoms with van der Waals surface area (Å²) in [6.07, 6.45) is 11.5. The first-order valence-corrected chi connectivity index (χ1v) is 27.8. The van der Waals surface area contributed by atoms with Gasteiger partial charge in [0.2, 0.25) is 48.9 Å². The molecule has 0 aliphatic rings. The smallest absolute Gasteiger partial charge is 0.421 e. The third-order valence-electron chi connectivity index (χ3n) is 10.0. The molecule has 460 valence electrons. The van der Waals surface area contributed by atoms with E-state index in [0.29, 0.717) is 41.3 Å². The highest BCUT2D eigenvalue weighted by molar-refractivity contribution is 7.81. The van der Waals surface area contributed by atoms with Crippen LogP contribution in [0.25, 0.3) is 0 Å². The van der Waals surface area contributed by atoms with Crippen molar-refractivity contribution in [1.82, 2.24) is 13.7 Å². The number of nitrogens with zero attached hydrogens (tertiary/aromatic N) is 12. The van der Waals surface area contributed by atoms with Crippen LogP contribution in [0.4, 0.5) is 65.1 Å². The second kappa shape index (κ2) is 34.7. The normalized spacial score (nSPS) is 11.2. The minimum absolute atomic E-state index is 0.0590. The molecule has 0 atom stereocenters. The Morgan fingerprint density at radius 3 is 1.06 bits per heavy atom. The number of carbonyl (C=O) groups is 3. The van der Waals surface area contributed by atoms with Gasteiger partial charge >= 0.3 is 17.8 Å². The lowest BCUT2D eigenvalue weighted by Gasteiger charge is -2.06. The zero-order chi connectivity index (χ0) is 64.2. The fraction of sp³-hybridized carbons (Fsp3) is 0.265. The van der Waals surface area contributed by atoms with Gasteiger partial charge in [-0.2, -0.15) is 0 Å². The molecule has 7 rings (SSSR count). The van der Waals surface area contributed by atoms with E-state index in [9.17, 15) is 66.5 Å². The summed E-state index contributed by atoms with van der Waals surface area (Å²) >= 11 is 0. The number of carbonyl (C=O) groups excluding carboxylic acids is 3.